The number of hydrogen-bond donors (Lipinski definition) is 0. The number of rotatable bonds is 0. The average Bonchev–Trinajstić information content (AvgIpc) is 2.29. The van der Waals surface area contributed by atoms with Gasteiger partial charge in [-0.05, 0) is 24.3 Å². The molecule has 0 N–H and O–H groups in total. The van der Waals surface area contributed by atoms with Crippen LogP contribution in [-0.4, -0.2) is 20.2 Å². The van der Waals surface area contributed by atoms with Gasteiger partial charge in [-0.15, -0.1) is 10.2 Å². The summed E-state index contributed by atoms with van der Waals surface area (Å²) in [5.41, 5.74) is 1.32. The van der Waals surface area contributed by atoms with Crippen LogP contribution in [-0.2, 0) is 0 Å². The van der Waals surface area contributed by atoms with Crippen molar-refractivity contribution in [1.29, 1.82) is 0 Å². The normalized spacial score (nSPS) is 10.9. The molecule has 0 atom stereocenters. The summed E-state index contributed by atoms with van der Waals surface area (Å²) in [7, 11) is 0. The van der Waals surface area contributed by atoms with E-state index in [-0.39, 0.29) is 0 Å². The maximum absolute atomic E-state index is 4.13. The van der Waals surface area contributed by atoms with Crippen LogP contribution in [0.2, 0.25) is 0 Å². The fourth-order valence-electron chi connectivity index (χ4n) is 1.47. The van der Waals surface area contributed by atoms with Crippen LogP contribution in [0.4, 0.5) is 0 Å². The van der Waals surface area contributed by atoms with E-state index in [0.717, 1.165) is 10.8 Å². The smallest absolute Gasteiger partial charge is 0.182 e. The van der Waals surface area contributed by atoms with Crippen molar-refractivity contribution in [2.45, 2.75) is 0 Å². The van der Waals surface area contributed by atoms with Crippen LogP contribution in [0.25, 0.3) is 22.1 Å². The van der Waals surface area contributed by atoms with Gasteiger partial charge in [0.15, 0.2) is 11.3 Å². The van der Waals surface area contributed by atoms with Gasteiger partial charge in [-0.1, -0.05) is 0 Å². The van der Waals surface area contributed by atoms with E-state index >= 15 is 0 Å². The van der Waals surface area contributed by atoms with Gasteiger partial charge in [0.25, 0.3) is 0 Å². The maximum Gasteiger partial charge on any atom is 0.182 e. The van der Waals surface area contributed by atoms with Crippen molar-refractivity contribution < 1.29 is 0 Å². The van der Waals surface area contributed by atoms with Crippen LogP contribution in [0.5, 0.6) is 0 Å². The molecule has 0 aliphatic rings. The molecule has 66 valence electrons. The minimum atomic E-state index is 0.660. The monoisotopic (exact) mass is 182 g/mol. The summed E-state index contributed by atoms with van der Waals surface area (Å²) in [5, 5.41) is 9.95. The first-order valence-electron chi connectivity index (χ1n) is 4.27. The minimum Gasteiger partial charge on any atom is -0.235 e. The topological polar surface area (TPSA) is 51.6 Å². The Bertz CT molecular complexity index is 551. The van der Waals surface area contributed by atoms with Crippen LogP contribution < -0.4 is 0 Å². The SMILES string of the molecule is c1cnc2nnc3ncccc3c2c1. The Balaban J connectivity index is 2.61. The number of pyridine rings is 2. The van der Waals surface area contributed by atoms with E-state index in [1.165, 1.54) is 0 Å². The summed E-state index contributed by atoms with van der Waals surface area (Å²) in [6.07, 6.45) is 3.42. The Labute approximate surface area is 79.6 Å². The second kappa shape index (κ2) is 2.70. The van der Waals surface area contributed by atoms with Crippen molar-refractivity contribution in [3.05, 3.63) is 36.7 Å². The number of nitrogens with zero attached hydrogens (tertiary/aromatic N) is 4. The summed E-state index contributed by atoms with van der Waals surface area (Å²) >= 11 is 0. The molecule has 0 spiro atoms. The van der Waals surface area contributed by atoms with E-state index in [0.29, 0.717) is 11.3 Å². The van der Waals surface area contributed by atoms with Crippen LogP contribution >= 0.6 is 0 Å². The number of fused-ring (bicyclic) bond motifs is 3. The van der Waals surface area contributed by atoms with Gasteiger partial charge in [-0.25, -0.2) is 9.97 Å². The van der Waals surface area contributed by atoms with Gasteiger partial charge in [0.1, 0.15) is 0 Å². The molecule has 0 saturated heterocycles. The molecule has 0 aliphatic carbocycles. The van der Waals surface area contributed by atoms with E-state index in [2.05, 4.69) is 20.2 Å². The molecule has 4 nitrogen and oxygen atoms in total. The minimum absolute atomic E-state index is 0.660. The molecule has 14 heavy (non-hydrogen) atoms. The highest BCUT2D eigenvalue weighted by atomic mass is 15.1. The first kappa shape index (κ1) is 7.32. The van der Waals surface area contributed by atoms with Crippen molar-refractivity contribution in [2.75, 3.05) is 0 Å². The molecule has 3 aromatic rings. The lowest BCUT2D eigenvalue weighted by Gasteiger charge is -1.98. The Hall–Kier alpha value is -2.10. The van der Waals surface area contributed by atoms with E-state index in [4.69, 9.17) is 0 Å². The lowest BCUT2D eigenvalue weighted by Crippen LogP contribution is -1.90. The van der Waals surface area contributed by atoms with E-state index in [1.807, 2.05) is 24.3 Å². The summed E-state index contributed by atoms with van der Waals surface area (Å²) < 4.78 is 0. The Morgan fingerprint density at radius 2 is 1.21 bits per heavy atom. The molecule has 0 aromatic carbocycles. The Kier molecular flexibility index (Phi) is 1.41. The summed E-state index contributed by atoms with van der Waals surface area (Å²) in [4.78, 5) is 8.26. The third-order valence-corrected chi connectivity index (χ3v) is 2.10. The highest BCUT2D eigenvalue weighted by Gasteiger charge is 2.02. The molecule has 0 radical (unpaired) electrons. The molecule has 3 aromatic heterocycles. The summed E-state index contributed by atoms with van der Waals surface area (Å²) in [6.45, 7) is 0. The molecule has 3 rings (SSSR count). The van der Waals surface area contributed by atoms with E-state index in [9.17, 15) is 0 Å². The van der Waals surface area contributed by atoms with Gasteiger partial charge < -0.3 is 0 Å². The van der Waals surface area contributed by atoms with Gasteiger partial charge in [-0.3, -0.25) is 0 Å². The zero-order valence-electron chi connectivity index (χ0n) is 7.25. The van der Waals surface area contributed by atoms with Crippen molar-refractivity contribution in [3.63, 3.8) is 0 Å². The third kappa shape index (κ3) is 0.939. The first-order valence-corrected chi connectivity index (χ1v) is 4.27. The zero-order valence-corrected chi connectivity index (χ0v) is 7.25. The third-order valence-electron chi connectivity index (χ3n) is 2.10. The van der Waals surface area contributed by atoms with Crippen molar-refractivity contribution in [3.8, 4) is 0 Å². The van der Waals surface area contributed by atoms with Crippen molar-refractivity contribution in [2.24, 2.45) is 0 Å². The largest absolute Gasteiger partial charge is 0.235 e. The Morgan fingerprint density at radius 3 is 1.71 bits per heavy atom. The molecule has 4 heteroatoms. The second-order valence-electron chi connectivity index (χ2n) is 2.95. The molecule has 0 saturated carbocycles. The predicted octanol–water partition coefficient (Wildman–Crippen LogP) is 1.57. The maximum atomic E-state index is 4.13. The van der Waals surface area contributed by atoms with E-state index in [1.54, 1.807) is 12.4 Å². The standard InChI is InChI=1S/C10H6N4/c1-3-7-8-4-2-6-12-10(8)14-13-9(7)11-5-1/h1-6H. The van der Waals surface area contributed by atoms with E-state index < -0.39 is 0 Å². The van der Waals surface area contributed by atoms with Gasteiger partial charge in [0.2, 0.25) is 0 Å². The van der Waals surface area contributed by atoms with Crippen molar-refractivity contribution in [1.82, 2.24) is 20.2 Å². The zero-order chi connectivity index (χ0) is 9.38. The van der Waals surface area contributed by atoms with Gasteiger partial charge in [-0.2, -0.15) is 0 Å². The molecule has 0 unspecified atom stereocenters. The molecular weight excluding hydrogens is 176 g/mol. The Morgan fingerprint density at radius 1 is 0.714 bits per heavy atom. The fourth-order valence-corrected chi connectivity index (χ4v) is 1.47. The van der Waals surface area contributed by atoms with Gasteiger partial charge in [0, 0.05) is 23.2 Å². The average molecular weight is 182 g/mol. The van der Waals surface area contributed by atoms with Gasteiger partial charge in [0.05, 0.1) is 0 Å². The fraction of sp³-hybridized carbons (Fsp3) is 0. The van der Waals surface area contributed by atoms with Gasteiger partial charge >= 0.3 is 0 Å². The number of hydrogen-bond acceptors (Lipinski definition) is 4. The van der Waals surface area contributed by atoms with Crippen LogP contribution in [0.3, 0.4) is 0 Å². The molecule has 0 aliphatic heterocycles. The lowest BCUT2D eigenvalue weighted by molar-refractivity contribution is 1.07. The van der Waals surface area contributed by atoms with Crippen LogP contribution in [0.15, 0.2) is 36.7 Å². The second-order valence-corrected chi connectivity index (χ2v) is 2.95. The molecule has 0 amide bonds. The number of aromatic nitrogens is 4. The highest BCUT2D eigenvalue weighted by Crippen LogP contribution is 2.17. The highest BCUT2D eigenvalue weighted by molar-refractivity contribution is 6.00. The quantitative estimate of drug-likeness (QED) is 0.495. The molecular formula is C10H6N4. The van der Waals surface area contributed by atoms with Crippen molar-refractivity contribution >= 4 is 22.1 Å². The molecule has 3 heterocycles. The van der Waals surface area contributed by atoms with Crippen LogP contribution in [0, 0.1) is 0 Å². The van der Waals surface area contributed by atoms with Crippen LogP contribution in [0.1, 0.15) is 0 Å². The molecule has 0 fully saturated rings. The summed E-state index contributed by atoms with van der Waals surface area (Å²) in [6, 6.07) is 7.72. The predicted molar refractivity (Wildman–Crippen MR) is 52.6 cm³/mol. The first-order chi connectivity index (χ1) is 6.95. The molecule has 0 bridgehead atoms. The summed E-state index contributed by atoms with van der Waals surface area (Å²) in [5.74, 6) is 0. The lowest BCUT2D eigenvalue weighted by atomic mass is 10.2.